The molecule has 4 aromatic carbocycles. The number of nitrogens with zero attached hydrogens (tertiary/aromatic N) is 1. The molecule has 6 heteroatoms. The third-order valence-electron chi connectivity index (χ3n) is 6.19. The third kappa shape index (κ3) is 5.19. The van der Waals surface area contributed by atoms with Crippen LogP contribution in [0.25, 0.3) is 22.0 Å². The van der Waals surface area contributed by atoms with Crippen LogP contribution in [-0.4, -0.2) is 22.2 Å². The summed E-state index contributed by atoms with van der Waals surface area (Å²) in [6.45, 7) is 3.13. The van der Waals surface area contributed by atoms with Crippen LogP contribution in [0.1, 0.15) is 28.5 Å². The molecular weight excluding hydrogens is 469 g/mol. The Kier molecular flexibility index (Phi) is 6.90. The summed E-state index contributed by atoms with van der Waals surface area (Å²) in [5.41, 5.74) is 4.08. The van der Waals surface area contributed by atoms with Crippen molar-refractivity contribution in [3.63, 3.8) is 0 Å². The molecule has 0 fully saturated rings. The highest BCUT2D eigenvalue weighted by Crippen LogP contribution is 2.38. The number of carboxylic acid groups (broad SMARTS) is 1. The van der Waals surface area contributed by atoms with Gasteiger partial charge in [-0.25, -0.2) is 9.18 Å². The summed E-state index contributed by atoms with van der Waals surface area (Å²) in [7, 11) is 0. The lowest BCUT2D eigenvalue weighted by molar-refractivity contribution is 0.0687. The van der Waals surface area contributed by atoms with Crippen LogP contribution in [-0.2, 0) is 13.2 Å². The zero-order chi connectivity index (χ0) is 25.8. The summed E-state index contributed by atoms with van der Waals surface area (Å²) < 4.78 is 26.9. The first-order valence-corrected chi connectivity index (χ1v) is 12.1. The maximum Gasteiger partial charge on any atom is 0.353 e. The Labute approximate surface area is 214 Å². The fourth-order valence-electron chi connectivity index (χ4n) is 4.50. The van der Waals surface area contributed by atoms with Crippen molar-refractivity contribution in [1.29, 1.82) is 0 Å². The molecule has 0 unspecified atom stereocenters. The van der Waals surface area contributed by atoms with Crippen LogP contribution in [0.3, 0.4) is 0 Å². The SMILES string of the molecule is CCOc1ccc(-c2c(C(=O)O)n(Cc3ccc(F)cc3)c3ccc(OCc4ccccc4)cc23)cc1. The maximum atomic E-state index is 13.5. The second-order valence-corrected chi connectivity index (χ2v) is 8.65. The van der Waals surface area contributed by atoms with Gasteiger partial charge >= 0.3 is 5.97 Å². The topological polar surface area (TPSA) is 60.7 Å². The number of benzene rings is 4. The average molecular weight is 496 g/mol. The summed E-state index contributed by atoms with van der Waals surface area (Å²) in [5, 5.41) is 11.1. The standard InChI is InChI=1S/C31H26FNO4/c1-2-36-25-14-10-23(11-15-25)29-27-18-26(37-20-22-6-4-3-5-7-22)16-17-28(27)33(30(29)31(34)35)19-21-8-12-24(32)13-9-21/h3-18H,2,19-20H2,1H3,(H,34,35). The molecule has 0 aliphatic heterocycles. The summed E-state index contributed by atoms with van der Waals surface area (Å²) in [6.07, 6.45) is 0. The normalized spacial score (nSPS) is 11.0. The number of ether oxygens (including phenoxy) is 2. The minimum atomic E-state index is -1.05. The summed E-state index contributed by atoms with van der Waals surface area (Å²) in [4.78, 5) is 12.7. The van der Waals surface area contributed by atoms with E-state index in [4.69, 9.17) is 9.47 Å². The number of halogens is 1. The zero-order valence-corrected chi connectivity index (χ0v) is 20.4. The zero-order valence-electron chi connectivity index (χ0n) is 20.4. The van der Waals surface area contributed by atoms with Gasteiger partial charge < -0.3 is 19.1 Å². The van der Waals surface area contributed by atoms with Crippen molar-refractivity contribution in [1.82, 2.24) is 4.57 Å². The van der Waals surface area contributed by atoms with Gasteiger partial charge in [0.1, 0.15) is 29.6 Å². The minimum absolute atomic E-state index is 0.156. The molecule has 5 nitrogen and oxygen atoms in total. The smallest absolute Gasteiger partial charge is 0.353 e. The highest BCUT2D eigenvalue weighted by molar-refractivity contribution is 6.08. The molecule has 0 amide bonds. The van der Waals surface area contributed by atoms with Crippen molar-refractivity contribution in [2.24, 2.45) is 0 Å². The first-order valence-electron chi connectivity index (χ1n) is 12.1. The van der Waals surface area contributed by atoms with Crippen LogP contribution >= 0.6 is 0 Å². The van der Waals surface area contributed by atoms with Gasteiger partial charge in [-0.3, -0.25) is 0 Å². The largest absolute Gasteiger partial charge is 0.494 e. The Morgan fingerprint density at radius 2 is 1.54 bits per heavy atom. The molecule has 0 spiro atoms. The Morgan fingerprint density at radius 3 is 2.22 bits per heavy atom. The van der Waals surface area contributed by atoms with Crippen LogP contribution in [0.4, 0.5) is 4.39 Å². The van der Waals surface area contributed by atoms with Gasteiger partial charge in [0, 0.05) is 23.0 Å². The molecule has 1 N–H and O–H groups in total. The Morgan fingerprint density at radius 1 is 0.838 bits per heavy atom. The van der Waals surface area contributed by atoms with E-state index in [0.29, 0.717) is 30.3 Å². The van der Waals surface area contributed by atoms with Crippen molar-refractivity contribution in [2.45, 2.75) is 20.1 Å². The molecule has 37 heavy (non-hydrogen) atoms. The van der Waals surface area contributed by atoms with E-state index in [-0.39, 0.29) is 18.1 Å². The number of carbonyl (C=O) groups is 1. The van der Waals surface area contributed by atoms with E-state index < -0.39 is 5.97 Å². The van der Waals surface area contributed by atoms with E-state index in [1.54, 1.807) is 16.7 Å². The fourth-order valence-corrected chi connectivity index (χ4v) is 4.50. The lowest BCUT2D eigenvalue weighted by atomic mass is 10.0. The van der Waals surface area contributed by atoms with E-state index in [1.807, 2.05) is 79.7 Å². The van der Waals surface area contributed by atoms with Crippen LogP contribution in [0.2, 0.25) is 0 Å². The number of rotatable bonds is 9. The average Bonchev–Trinajstić information content (AvgIpc) is 3.23. The number of hydrogen-bond acceptors (Lipinski definition) is 3. The Bertz CT molecular complexity index is 1520. The van der Waals surface area contributed by atoms with E-state index >= 15 is 0 Å². The van der Waals surface area contributed by atoms with Gasteiger partial charge in [-0.05, 0) is 66.1 Å². The van der Waals surface area contributed by atoms with Gasteiger partial charge in [-0.2, -0.15) is 0 Å². The molecule has 5 rings (SSSR count). The van der Waals surface area contributed by atoms with Crippen LogP contribution < -0.4 is 9.47 Å². The van der Waals surface area contributed by atoms with E-state index in [0.717, 1.165) is 27.6 Å². The second kappa shape index (κ2) is 10.6. The minimum Gasteiger partial charge on any atom is -0.494 e. The van der Waals surface area contributed by atoms with E-state index in [2.05, 4.69) is 0 Å². The maximum absolute atomic E-state index is 13.5. The molecule has 1 aromatic heterocycles. The molecule has 0 saturated carbocycles. The van der Waals surface area contributed by atoms with Gasteiger partial charge in [0.05, 0.1) is 6.61 Å². The van der Waals surface area contributed by atoms with Crippen molar-refractivity contribution < 1.29 is 23.8 Å². The quantitative estimate of drug-likeness (QED) is 0.235. The number of hydrogen-bond donors (Lipinski definition) is 1. The predicted octanol–water partition coefficient (Wildman–Crippen LogP) is 7.17. The summed E-state index contributed by atoms with van der Waals surface area (Å²) in [5.74, 6) is -0.0340. The Hall–Kier alpha value is -4.58. The molecule has 0 atom stereocenters. The van der Waals surface area contributed by atoms with Crippen molar-refractivity contribution in [3.8, 4) is 22.6 Å². The molecule has 1 heterocycles. The van der Waals surface area contributed by atoms with Crippen molar-refractivity contribution >= 4 is 16.9 Å². The van der Waals surface area contributed by atoms with Gasteiger partial charge in [-0.1, -0.05) is 54.6 Å². The second-order valence-electron chi connectivity index (χ2n) is 8.65. The molecule has 0 aliphatic carbocycles. The summed E-state index contributed by atoms with van der Waals surface area (Å²) >= 11 is 0. The molecule has 0 bridgehead atoms. The predicted molar refractivity (Wildman–Crippen MR) is 142 cm³/mol. The lowest BCUT2D eigenvalue weighted by Gasteiger charge is -2.10. The fraction of sp³-hybridized carbons (Fsp3) is 0.129. The van der Waals surface area contributed by atoms with E-state index in [9.17, 15) is 14.3 Å². The van der Waals surface area contributed by atoms with Gasteiger partial charge in [0.15, 0.2) is 0 Å². The first kappa shape index (κ1) is 24.1. The lowest BCUT2D eigenvalue weighted by Crippen LogP contribution is -2.10. The monoisotopic (exact) mass is 495 g/mol. The Balaban J connectivity index is 1.64. The van der Waals surface area contributed by atoms with Crippen LogP contribution in [0, 0.1) is 5.82 Å². The molecule has 186 valence electrons. The van der Waals surface area contributed by atoms with Gasteiger partial charge in [0.25, 0.3) is 0 Å². The van der Waals surface area contributed by atoms with Gasteiger partial charge in [-0.15, -0.1) is 0 Å². The highest BCUT2D eigenvalue weighted by Gasteiger charge is 2.24. The number of aromatic nitrogens is 1. The molecular formula is C31H26FNO4. The van der Waals surface area contributed by atoms with Crippen LogP contribution in [0.15, 0.2) is 97.1 Å². The number of fused-ring (bicyclic) bond motifs is 1. The van der Waals surface area contributed by atoms with Gasteiger partial charge in [0.2, 0.25) is 0 Å². The molecule has 0 saturated heterocycles. The highest BCUT2D eigenvalue weighted by atomic mass is 19.1. The number of carboxylic acids is 1. The summed E-state index contributed by atoms with van der Waals surface area (Å²) in [6, 6.07) is 29.0. The molecule has 0 aliphatic rings. The third-order valence-corrected chi connectivity index (χ3v) is 6.19. The van der Waals surface area contributed by atoms with Crippen molar-refractivity contribution in [3.05, 3.63) is 120 Å². The van der Waals surface area contributed by atoms with E-state index in [1.165, 1.54) is 12.1 Å². The number of aromatic carboxylic acids is 1. The van der Waals surface area contributed by atoms with Crippen LogP contribution in [0.5, 0.6) is 11.5 Å². The molecule has 0 radical (unpaired) electrons. The van der Waals surface area contributed by atoms with Crippen molar-refractivity contribution in [2.75, 3.05) is 6.61 Å². The first-order chi connectivity index (χ1) is 18.0. The molecule has 5 aromatic rings.